The molecule has 2 heterocycles. The standard InChI is InChI=1S/C24H29N3O6/c1-6-25-16-26(23(30)33-24(2,3)4)27-18(12-13-31-5)14-19(28)21(20(27)22(25)29)32-15-17-10-8-7-9-11-17/h7-14H,6,15-16H2,1-5H3/b13-12-. The second kappa shape index (κ2) is 9.81. The van der Waals surface area contributed by atoms with Crippen molar-refractivity contribution >= 4 is 18.1 Å². The molecule has 0 fully saturated rings. The average Bonchev–Trinajstić information content (AvgIpc) is 2.76. The molecule has 1 aromatic heterocycles. The number of hydrogen-bond acceptors (Lipinski definition) is 6. The van der Waals surface area contributed by atoms with Crippen LogP contribution in [0, 0.1) is 0 Å². The van der Waals surface area contributed by atoms with E-state index in [2.05, 4.69) is 0 Å². The first-order valence-corrected chi connectivity index (χ1v) is 10.6. The molecule has 0 aliphatic carbocycles. The summed E-state index contributed by atoms with van der Waals surface area (Å²) < 4.78 is 17.8. The number of carbonyl (C=O) groups excluding carboxylic acids is 2. The molecule has 0 bridgehead atoms. The Balaban J connectivity index is 2.18. The molecule has 0 N–H and O–H groups in total. The summed E-state index contributed by atoms with van der Waals surface area (Å²) in [5.41, 5.74) is -0.182. The summed E-state index contributed by atoms with van der Waals surface area (Å²) in [7, 11) is 1.46. The van der Waals surface area contributed by atoms with Crippen molar-refractivity contribution in [1.29, 1.82) is 0 Å². The van der Waals surface area contributed by atoms with Crippen molar-refractivity contribution in [2.75, 3.05) is 25.3 Å². The fourth-order valence-corrected chi connectivity index (χ4v) is 3.31. The third-order valence-corrected chi connectivity index (χ3v) is 4.80. The van der Waals surface area contributed by atoms with Gasteiger partial charge in [-0.3, -0.25) is 9.59 Å². The highest BCUT2D eigenvalue weighted by Crippen LogP contribution is 2.26. The molecule has 0 saturated heterocycles. The fourth-order valence-electron chi connectivity index (χ4n) is 3.31. The maximum atomic E-state index is 13.4. The molecule has 0 saturated carbocycles. The van der Waals surface area contributed by atoms with Crippen LogP contribution in [0.15, 0.2) is 47.5 Å². The Labute approximate surface area is 192 Å². The second-order valence-electron chi connectivity index (χ2n) is 8.42. The highest BCUT2D eigenvalue weighted by molar-refractivity contribution is 5.98. The van der Waals surface area contributed by atoms with E-state index >= 15 is 0 Å². The Bertz CT molecular complexity index is 1100. The largest absolute Gasteiger partial charge is 0.504 e. The average molecular weight is 456 g/mol. The molecule has 2 aromatic rings. The maximum absolute atomic E-state index is 13.4. The Morgan fingerprint density at radius 2 is 1.85 bits per heavy atom. The number of amides is 2. The molecule has 3 rings (SSSR count). The van der Waals surface area contributed by atoms with E-state index < -0.39 is 23.0 Å². The predicted molar refractivity (Wildman–Crippen MR) is 124 cm³/mol. The zero-order valence-electron chi connectivity index (χ0n) is 19.5. The van der Waals surface area contributed by atoms with E-state index in [1.54, 1.807) is 27.7 Å². The van der Waals surface area contributed by atoms with Gasteiger partial charge in [-0.15, -0.1) is 0 Å². The van der Waals surface area contributed by atoms with Crippen molar-refractivity contribution < 1.29 is 23.8 Å². The number of hydrogen-bond donors (Lipinski definition) is 0. The van der Waals surface area contributed by atoms with Gasteiger partial charge in [0.2, 0.25) is 5.43 Å². The number of methoxy groups -OCH3 is 1. The highest BCUT2D eigenvalue weighted by atomic mass is 16.6. The van der Waals surface area contributed by atoms with Crippen LogP contribution >= 0.6 is 0 Å². The van der Waals surface area contributed by atoms with Crippen LogP contribution in [0.2, 0.25) is 0 Å². The molecule has 1 aliphatic rings. The van der Waals surface area contributed by atoms with E-state index in [1.165, 1.54) is 40.1 Å². The van der Waals surface area contributed by atoms with Crippen molar-refractivity contribution in [2.45, 2.75) is 39.9 Å². The molecule has 2 amide bonds. The third kappa shape index (κ3) is 5.36. The highest BCUT2D eigenvalue weighted by Gasteiger charge is 2.38. The normalized spacial score (nSPS) is 13.8. The van der Waals surface area contributed by atoms with Crippen molar-refractivity contribution in [1.82, 2.24) is 9.58 Å². The molecule has 0 atom stereocenters. The molecular formula is C24H29N3O6. The molecule has 176 valence electrons. The molecule has 1 aromatic carbocycles. The van der Waals surface area contributed by atoms with Gasteiger partial charge in [0.15, 0.2) is 11.4 Å². The lowest BCUT2D eigenvalue weighted by molar-refractivity contribution is 0.0454. The first-order chi connectivity index (χ1) is 15.7. The molecule has 0 radical (unpaired) electrons. The van der Waals surface area contributed by atoms with Gasteiger partial charge >= 0.3 is 6.09 Å². The molecule has 0 unspecified atom stereocenters. The van der Waals surface area contributed by atoms with Crippen LogP contribution in [0.3, 0.4) is 0 Å². The Hall–Kier alpha value is -3.75. The van der Waals surface area contributed by atoms with Gasteiger partial charge < -0.3 is 19.1 Å². The van der Waals surface area contributed by atoms with Crippen LogP contribution in [-0.4, -0.2) is 47.5 Å². The van der Waals surface area contributed by atoms with Crippen molar-refractivity contribution in [3.63, 3.8) is 0 Å². The molecule has 9 nitrogen and oxygen atoms in total. The third-order valence-electron chi connectivity index (χ3n) is 4.80. The van der Waals surface area contributed by atoms with Crippen LogP contribution < -0.4 is 15.2 Å². The first-order valence-electron chi connectivity index (χ1n) is 10.6. The van der Waals surface area contributed by atoms with Gasteiger partial charge in [0.1, 0.15) is 18.9 Å². The predicted octanol–water partition coefficient (Wildman–Crippen LogP) is 3.35. The topological polar surface area (TPSA) is 90.3 Å². The lowest BCUT2D eigenvalue weighted by Gasteiger charge is -2.39. The number of aromatic nitrogens is 1. The van der Waals surface area contributed by atoms with Gasteiger partial charge in [0.25, 0.3) is 5.91 Å². The summed E-state index contributed by atoms with van der Waals surface area (Å²) in [6, 6.07) is 10.6. The quantitative estimate of drug-likeness (QED) is 0.621. The Kier molecular flexibility index (Phi) is 7.10. The van der Waals surface area contributed by atoms with Gasteiger partial charge in [0.05, 0.1) is 19.1 Å². The minimum atomic E-state index is -0.760. The van der Waals surface area contributed by atoms with Crippen molar-refractivity contribution in [2.24, 2.45) is 0 Å². The second-order valence-corrected chi connectivity index (χ2v) is 8.42. The van der Waals surface area contributed by atoms with Gasteiger partial charge in [-0.2, -0.15) is 5.01 Å². The Morgan fingerprint density at radius 3 is 2.45 bits per heavy atom. The summed E-state index contributed by atoms with van der Waals surface area (Å²) in [5.74, 6) is -0.560. The van der Waals surface area contributed by atoms with Crippen molar-refractivity contribution in [3.05, 3.63) is 69.8 Å². The van der Waals surface area contributed by atoms with Crippen LogP contribution in [0.4, 0.5) is 4.79 Å². The molecule has 33 heavy (non-hydrogen) atoms. The lowest BCUT2D eigenvalue weighted by atomic mass is 10.2. The van der Waals surface area contributed by atoms with Gasteiger partial charge in [0, 0.05) is 12.6 Å². The molecule has 0 spiro atoms. The fraction of sp³-hybridized carbons (Fsp3) is 0.375. The van der Waals surface area contributed by atoms with E-state index in [9.17, 15) is 14.4 Å². The number of ether oxygens (including phenoxy) is 3. The summed E-state index contributed by atoms with van der Waals surface area (Å²) in [4.78, 5) is 40.9. The summed E-state index contributed by atoms with van der Waals surface area (Å²) in [6.07, 6.45) is 2.19. The monoisotopic (exact) mass is 455 g/mol. The minimum Gasteiger partial charge on any atom is -0.504 e. The number of nitrogens with zero attached hydrogens (tertiary/aromatic N) is 3. The lowest BCUT2D eigenvalue weighted by Crippen LogP contribution is -2.58. The first kappa shape index (κ1) is 23.9. The molecule has 9 heteroatoms. The number of pyridine rings is 1. The molecular weight excluding hydrogens is 426 g/mol. The van der Waals surface area contributed by atoms with E-state index in [1.807, 2.05) is 30.3 Å². The smallest absolute Gasteiger partial charge is 0.431 e. The number of fused-ring (bicyclic) bond motifs is 1. The molecule has 1 aliphatic heterocycles. The zero-order chi connectivity index (χ0) is 24.2. The van der Waals surface area contributed by atoms with E-state index in [4.69, 9.17) is 14.2 Å². The number of carbonyl (C=O) groups is 2. The van der Waals surface area contributed by atoms with E-state index in [0.29, 0.717) is 6.54 Å². The van der Waals surface area contributed by atoms with Crippen LogP contribution in [-0.2, 0) is 16.1 Å². The summed E-state index contributed by atoms with van der Waals surface area (Å²) in [6.45, 7) is 7.41. The van der Waals surface area contributed by atoms with E-state index in [-0.39, 0.29) is 30.4 Å². The van der Waals surface area contributed by atoms with Crippen LogP contribution in [0.5, 0.6) is 5.75 Å². The zero-order valence-corrected chi connectivity index (χ0v) is 19.5. The maximum Gasteiger partial charge on any atom is 0.431 e. The minimum absolute atomic E-state index is 0.0480. The summed E-state index contributed by atoms with van der Waals surface area (Å²) in [5, 5.41) is 1.27. The van der Waals surface area contributed by atoms with E-state index in [0.717, 1.165) is 5.56 Å². The van der Waals surface area contributed by atoms with Gasteiger partial charge in [-0.25, -0.2) is 9.47 Å². The van der Waals surface area contributed by atoms with Crippen molar-refractivity contribution in [3.8, 4) is 5.75 Å². The van der Waals surface area contributed by atoms with Crippen LogP contribution in [0.25, 0.3) is 6.08 Å². The number of rotatable bonds is 6. The van der Waals surface area contributed by atoms with Gasteiger partial charge in [-0.05, 0) is 39.3 Å². The van der Waals surface area contributed by atoms with Gasteiger partial charge in [-0.1, -0.05) is 30.3 Å². The SMILES string of the molecule is CCN1CN(C(=O)OC(C)(C)C)n2c(/C=C\OC)cc(=O)c(OCc3ccccc3)c2C1=O. The Morgan fingerprint density at radius 1 is 1.15 bits per heavy atom. The van der Waals surface area contributed by atoms with Crippen LogP contribution in [0.1, 0.15) is 49.4 Å². The number of benzene rings is 1. The summed E-state index contributed by atoms with van der Waals surface area (Å²) >= 11 is 0.